The number of guanidine groups is 1. The molecule has 1 unspecified atom stereocenters. The van der Waals surface area contributed by atoms with E-state index in [1.54, 1.807) is 7.05 Å². The first-order valence-electron chi connectivity index (χ1n) is 11.5. The second-order valence-electron chi connectivity index (χ2n) is 9.48. The van der Waals surface area contributed by atoms with Gasteiger partial charge in [-0.3, -0.25) is 4.99 Å². The van der Waals surface area contributed by atoms with Gasteiger partial charge in [-0.05, 0) is 52.9 Å². The van der Waals surface area contributed by atoms with Gasteiger partial charge in [0.15, 0.2) is 5.96 Å². The van der Waals surface area contributed by atoms with Gasteiger partial charge in [0.05, 0.1) is 0 Å². The number of carbonyl (C=O) groups is 1. The number of hydrogen-bond donors (Lipinski definition) is 3. The molecule has 29 heavy (non-hydrogen) atoms. The number of likely N-dealkylation sites (tertiary alicyclic amines) is 1. The molecule has 2 aliphatic rings. The highest BCUT2D eigenvalue weighted by molar-refractivity contribution is 5.80. The first-order valence-corrected chi connectivity index (χ1v) is 11.5. The SMILES string of the molecule is CCCC(CNC(=NC)NC1CCN(C2CCCC2)CC1)NC(=O)OC(C)(C)C. The molecule has 1 amide bonds. The van der Waals surface area contributed by atoms with Crippen molar-refractivity contribution in [3.05, 3.63) is 0 Å². The number of piperidine rings is 1. The van der Waals surface area contributed by atoms with Gasteiger partial charge in [0.1, 0.15) is 5.60 Å². The third-order valence-electron chi connectivity index (χ3n) is 5.81. The van der Waals surface area contributed by atoms with Crippen molar-refractivity contribution < 1.29 is 9.53 Å². The van der Waals surface area contributed by atoms with Crippen LogP contribution in [-0.2, 0) is 4.74 Å². The van der Waals surface area contributed by atoms with E-state index >= 15 is 0 Å². The second kappa shape index (κ2) is 11.6. The van der Waals surface area contributed by atoms with E-state index in [2.05, 4.69) is 32.8 Å². The monoisotopic (exact) mass is 409 g/mol. The number of nitrogens with zero attached hydrogens (tertiary/aromatic N) is 2. The average molecular weight is 410 g/mol. The number of rotatable bonds is 7. The number of ether oxygens (including phenoxy) is 1. The van der Waals surface area contributed by atoms with Crippen LogP contribution in [0.1, 0.15) is 79.1 Å². The van der Waals surface area contributed by atoms with E-state index in [0.29, 0.717) is 12.6 Å². The van der Waals surface area contributed by atoms with Gasteiger partial charge < -0.3 is 25.6 Å². The molecular weight excluding hydrogens is 366 g/mol. The number of nitrogens with one attached hydrogen (secondary N) is 3. The molecule has 1 heterocycles. The quantitative estimate of drug-likeness (QED) is 0.444. The summed E-state index contributed by atoms with van der Waals surface area (Å²) in [5, 5.41) is 9.95. The summed E-state index contributed by atoms with van der Waals surface area (Å²) >= 11 is 0. The summed E-state index contributed by atoms with van der Waals surface area (Å²) in [4.78, 5) is 19.2. The summed E-state index contributed by atoms with van der Waals surface area (Å²) < 4.78 is 5.39. The van der Waals surface area contributed by atoms with Gasteiger partial charge in [-0.25, -0.2) is 4.79 Å². The molecule has 1 saturated carbocycles. The van der Waals surface area contributed by atoms with Gasteiger partial charge in [-0.15, -0.1) is 0 Å². The van der Waals surface area contributed by atoms with Crippen LogP contribution in [0.3, 0.4) is 0 Å². The maximum absolute atomic E-state index is 12.1. The Hall–Kier alpha value is -1.50. The molecule has 0 bridgehead atoms. The van der Waals surface area contributed by atoms with E-state index in [0.717, 1.165) is 37.7 Å². The Morgan fingerprint density at radius 2 is 1.83 bits per heavy atom. The Kier molecular flexibility index (Phi) is 9.53. The van der Waals surface area contributed by atoms with Gasteiger partial charge in [0.2, 0.25) is 0 Å². The molecule has 7 heteroatoms. The van der Waals surface area contributed by atoms with E-state index < -0.39 is 5.60 Å². The van der Waals surface area contributed by atoms with Crippen LogP contribution in [0.15, 0.2) is 4.99 Å². The summed E-state index contributed by atoms with van der Waals surface area (Å²) in [6.07, 6.45) is 9.40. The van der Waals surface area contributed by atoms with Crippen LogP contribution < -0.4 is 16.0 Å². The van der Waals surface area contributed by atoms with Crippen molar-refractivity contribution in [2.45, 2.75) is 103 Å². The van der Waals surface area contributed by atoms with Gasteiger partial charge in [-0.2, -0.15) is 0 Å². The van der Waals surface area contributed by atoms with E-state index in [-0.39, 0.29) is 12.1 Å². The predicted molar refractivity (Wildman–Crippen MR) is 119 cm³/mol. The van der Waals surface area contributed by atoms with E-state index in [1.165, 1.54) is 38.8 Å². The van der Waals surface area contributed by atoms with E-state index in [1.807, 2.05) is 20.8 Å². The zero-order chi connectivity index (χ0) is 21.3. The highest BCUT2D eigenvalue weighted by atomic mass is 16.6. The lowest BCUT2D eigenvalue weighted by atomic mass is 10.0. The van der Waals surface area contributed by atoms with Crippen LogP contribution in [0.4, 0.5) is 4.79 Å². The van der Waals surface area contributed by atoms with Crippen LogP contribution in [0, 0.1) is 0 Å². The Labute approximate surface area is 177 Å². The van der Waals surface area contributed by atoms with Crippen LogP contribution >= 0.6 is 0 Å². The van der Waals surface area contributed by atoms with Crippen molar-refractivity contribution in [1.29, 1.82) is 0 Å². The van der Waals surface area contributed by atoms with Crippen molar-refractivity contribution in [2.75, 3.05) is 26.7 Å². The molecule has 7 nitrogen and oxygen atoms in total. The fourth-order valence-corrected chi connectivity index (χ4v) is 4.33. The van der Waals surface area contributed by atoms with E-state index in [9.17, 15) is 4.79 Å². The fraction of sp³-hybridized carbons (Fsp3) is 0.909. The minimum atomic E-state index is -0.487. The molecule has 3 N–H and O–H groups in total. The first kappa shape index (κ1) is 23.8. The summed E-state index contributed by atoms with van der Waals surface area (Å²) in [6.45, 7) is 10.7. The highest BCUT2D eigenvalue weighted by Gasteiger charge is 2.27. The molecular formula is C22H43N5O2. The molecule has 168 valence electrons. The summed E-state index contributed by atoms with van der Waals surface area (Å²) in [5.41, 5.74) is -0.487. The zero-order valence-electron chi connectivity index (χ0n) is 19.2. The minimum Gasteiger partial charge on any atom is -0.444 e. The van der Waals surface area contributed by atoms with Crippen molar-refractivity contribution in [3.63, 3.8) is 0 Å². The Balaban J connectivity index is 1.74. The number of hydrogen-bond acceptors (Lipinski definition) is 4. The predicted octanol–water partition coefficient (Wildman–Crippen LogP) is 3.25. The van der Waals surface area contributed by atoms with Crippen molar-refractivity contribution in [2.24, 2.45) is 4.99 Å². The highest BCUT2D eigenvalue weighted by Crippen LogP contribution is 2.26. The van der Waals surface area contributed by atoms with Crippen LogP contribution in [0.5, 0.6) is 0 Å². The second-order valence-corrected chi connectivity index (χ2v) is 9.48. The maximum Gasteiger partial charge on any atom is 0.407 e. The molecule has 0 radical (unpaired) electrons. The van der Waals surface area contributed by atoms with Gasteiger partial charge in [-0.1, -0.05) is 26.2 Å². The van der Waals surface area contributed by atoms with Crippen molar-refractivity contribution in [1.82, 2.24) is 20.9 Å². The molecule has 1 atom stereocenters. The van der Waals surface area contributed by atoms with Gasteiger partial charge >= 0.3 is 6.09 Å². The van der Waals surface area contributed by atoms with E-state index in [4.69, 9.17) is 4.74 Å². The van der Waals surface area contributed by atoms with Crippen molar-refractivity contribution in [3.8, 4) is 0 Å². The lowest BCUT2D eigenvalue weighted by Crippen LogP contribution is -2.52. The molecule has 0 aromatic heterocycles. The lowest BCUT2D eigenvalue weighted by molar-refractivity contribution is 0.0502. The molecule has 1 saturated heterocycles. The average Bonchev–Trinajstić information content (AvgIpc) is 3.18. The number of amides is 1. The summed E-state index contributed by atoms with van der Waals surface area (Å²) in [6, 6.07) is 1.29. The first-order chi connectivity index (χ1) is 13.8. The summed E-state index contributed by atoms with van der Waals surface area (Å²) in [5.74, 6) is 0.816. The Morgan fingerprint density at radius 3 is 2.38 bits per heavy atom. The van der Waals surface area contributed by atoms with Crippen LogP contribution in [0.25, 0.3) is 0 Å². The minimum absolute atomic E-state index is 0.0117. The molecule has 0 aromatic rings. The Bertz CT molecular complexity index is 518. The lowest BCUT2D eigenvalue weighted by Gasteiger charge is -2.36. The Morgan fingerprint density at radius 1 is 1.17 bits per heavy atom. The standard InChI is InChI=1S/C22H43N5O2/c1-6-9-18(26-21(28)29-22(2,3)4)16-24-20(23-5)25-17-12-14-27(15-13-17)19-10-7-8-11-19/h17-19H,6-16H2,1-5H3,(H,26,28)(H2,23,24,25). The van der Waals surface area contributed by atoms with Gasteiger partial charge in [0.25, 0.3) is 0 Å². The third kappa shape index (κ3) is 8.81. The molecule has 1 aliphatic carbocycles. The molecule has 2 rings (SSSR count). The van der Waals surface area contributed by atoms with Crippen molar-refractivity contribution >= 4 is 12.1 Å². The largest absolute Gasteiger partial charge is 0.444 e. The summed E-state index contributed by atoms with van der Waals surface area (Å²) in [7, 11) is 1.80. The fourth-order valence-electron chi connectivity index (χ4n) is 4.33. The normalized spacial score (nSPS) is 21.1. The zero-order valence-corrected chi connectivity index (χ0v) is 19.2. The molecule has 0 aromatic carbocycles. The van der Waals surface area contributed by atoms with Gasteiger partial charge in [0, 0.05) is 44.8 Å². The number of alkyl carbamates (subject to hydrolysis) is 1. The van der Waals surface area contributed by atoms with Crippen LogP contribution in [0.2, 0.25) is 0 Å². The number of carbonyl (C=O) groups excluding carboxylic acids is 1. The van der Waals surface area contributed by atoms with Crippen LogP contribution in [-0.4, -0.2) is 67.4 Å². The molecule has 0 spiro atoms. The smallest absolute Gasteiger partial charge is 0.407 e. The maximum atomic E-state index is 12.1. The third-order valence-corrected chi connectivity index (χ3v) is 5.81. The number of aliphatic imine (C=N–C) groups is 1. The topological polar surface area (TPSA) is 78.0 Å². The molecule has 1 aliphatic heterocycles. The molecule has 2 fully saturated rings.